The van der Waals surface area contributed by atoms with Gasteiger partial charge in [-0.1, -0.05) is 0 Å². The molecule has 2 heterocycles. The van der Waals surface area contributed by atoms with Crippen molar-refractivity contribution in [2.45, 2.75) is 43.4 Å². The maximum absolute atomic E-state index is 12.6. The van der Waals surface area contributed by atoms with Gasteiger partial charge in [0.2, 0.25) is 10.0 Å². The van der Waals surface area contributed by atoms with Gasteiger partial charge in [-0.05, 0) is 44.5 Å². The summed E-state index contributed by atoms with van der Waals surface area (Å²) in [6.45, 7) is 4.78. The number of rotatable bonds is 4. The summed E-state index contributed by atoms with van der Waals surface area (Å²) in [6, 6.07) is 5.08. The summed E-state index contributed by atoms with van der Waals surface area (Å²) in [5.74, 6) is -0.365. The largest absolute Gasteiger partial charge is 0.372 e. The van der Waals surface area contributed by atoms with Gasteiger partial charge in [0.25, 0.3) is 5.91 Å². The fourth-order valence-corrected chi connectivity index (χ4v) is 6.53. The maximum Gasteiger partial charge on any atom is 0.254 e. The van der Waals surface area contributed by atoms with Crippen molar-refractivity contribution in [1.29, 1.82) is 0 Å². The molecule has 2 aliphatic rings. The minimum Gasteiger partial charge on any atom is -0.372 e. The molecule has 0 saturated carbocycles. The Labute approximate surface area is 159 Å². The smallest absolute Gasteiger partial charge is 0.254 e. The quantitative estimate of drug-likeness (QED) is 0.761. The van der Waals surface area contributed by atoms with Gasteiger partial charge in [-0.3, -0.25) is 4.79 Å². The highest BCUT2D eigenvalue weighted by Gasteiger charge is 2.32. The molecule has 1 aromatic carbocycles. The van der Waals surface area contributed by atoms with Crippen LogP contribution in [0.1, 0.15) is 30.6 Å². The van der Waals surface area contributed by atoms with Gasteiger partial charge in [-0.2, -0.15) is 0 Å². The van der Waals surface area contributed by atoms with Gasteiger partial charge < -0.3 is 9.64 Å². The van der Waals surface area contributed by atoms with Crippen LogP contribution in [0.3, 0.4) is 0 Å². The number of hydrogen-bond donors (Lipinski definition) is 1. The normalized spacial score (nSPS) is 28.2. The SMILES string of the molecule is C[C@@H]1CN(C(=O)c2ccc(S(=O)(=O)N[C@@H]3CCS(=O)(=O)C3)cc2)C[C@H](C)O1. The monoisotopic (exact) mass is 416 g/mol. The van der Waals surface area contributed by atoms with Crippen LogP contribution in [0.5, 0.6) is 0 Å². The number of carbonyl (C=O) groups excluding carboxylic acids is 1. The Morgan fingerprint density at radius 3 is 2.26 bits per heavy atom. The average molecular weight is 417 g/mol. The molecule has 0 spiro atoms. The summed E-state index contributed by atoms with van der Waals surface area (Å²) < 4.78 is 55.9. The molecular formula is C17H24N2O6S2. The van der Waals surface area contributed by atoms with Crippen molar-refractivity contribution < 1.29 is 26.4 Å². The highest BCUT2D eigenvalue weighted by molar-refractivity contribution is 7.92. The molecule has 1 N–H and O–H groups in total. The zero-order chi connectivity index (χ0) is 19.8. The molecule has 0 aromatic heterocycles. The van der Waals surface area contributed by atoms with Crippen LogP contribution < -0.4 is 4.72 Å². The lowest BCUT2D eigenvalue weighted by Crippen LogP contribution is -2.48. The van der Waals surface area contributed by atoms with Gasteiger partial charge in [0, 0.05) is 24.7 Å². The Kier molecular flexibility index (Phi) is 5.62. The van der Waals surface area contributed by atoms with Crippen LogP contribution in [0, 0.1) is 0 Å². The van der Waals surface area contributed by atoms with Crippen LogP contribution in [-0.2, 0) is 24.6 Å². The Balaban J connectivity index is 1.70. The number of morpholine rings is 1. The summed E-state index contributed by atoms with van der Waals surface area (Å²) in [7, 11) is -7.01. The highest BCUT2D eigenvalue weighted by Crippen LogP contribution is 2.18. The van der Waals surface area contributed by atoms with E-state index >= 15 is 0 Å². The fourth-order valence-electron chi connectivity index (χ4n) is 3.48. The zero-order valence-electron chi connectivity index (χ0n) is 15.3. The molecule has 1 amide bonds. The number of nitrogens with one attached hydrogen (secondary N) is 1. The summed E-state index contributed by atoms with van der Waals surface area (Å²) in [5.41, 5.74) is 0.402. The summed E-state index contributed by atoms with van der Waals surface area (Å²) >= 11 is 0. The van der Waals surface area contributed by atoms with Crippen LogP contribution in [0.2, 0.25) is 0 Å². The van der Waals surface area contributed by atoms with Crippen molar-refractivity contribution in [1.82, 2.24) is 9.62 Å². The number of benzene rings is 1. The minimum atomic E-state index is -3.84. The Bertz CT molecular complexity index is 901. The van der Waals surface area contributed by atoms with E-state index in [9.17, 15) is 21.6 Å². The third-order valence-electron chi connectivity index (χ3n) is 4.67. The minimum absolute atomic E-state index is 0.00654. The number of ether oxygens (including phenoxy) is 1. The molecule has 2 aliphatic heterocycles. The lowest BCUT2D eigenvalue weighted by atomic mass is 10.1. The molecule has 8 nitrogen and oxygen atoms in total. The Hall–Kier alpha value is -1.49. The molecule has 0 bridgehead atoms. The van der Waals surface area contributed by atoms with Crippen molar-refractivity contribution in [3.05, 3.63) is 29.8 Å². The first-order valence-corrected chi connectivity index (χ1v) is 12.1. The first-order chi connectivity index (χ1) is 12.6. The molecule has 3 rings (SSSR count). The number of amides is 1. The van der Waals surface area contributed by atoms with Crippen LogP contribution in [0.15, 0.2) is 29.2 Å². The van der Waals surface area contributed by atoms with Crippen molar-refractivity contribution in [2.24, 2.45) is 0 Å². The number of carbonyl (C=O) groups is 1. The molecule has 27 heavy (non-hydrogen) atoms. The molecular weight excluding hydrogens is 392 g/mol. The van der Waals surface area contributed by atoms with E-state index < -0.39 is 25.9 Å². The van der Waals surface area contributed by atoms with E-state index in [2.05, 4.69) is 4.72 Å². The Morgan fingerprint density at radius 1 is 1.15 bits per heavy atom. The zero-order valence-corrected chi connectivity index (χ0v) is 16.9. The van der Waals surface area contributed by atoms with Gasteiger partial charge in [-0.25, -0.2) is 21.6 Å². The standard InChI is InChI=1S/C17H24N2O6S2/c1-12-9-19(10-13(2)25-12)17(20)14-3-5-16(6-4-14)27(23,24)18-15-7-8-26(21,22)11-15/h3-6,12-13,15,18H,7-11H2,1-2H3/t12-,13+,15-/m1/s1. The first kappa shape index (κ1) is 20.2. The lowest BCUT2D eigenvalue weighted by molar-refractivity contribution is -0.0586. The Morgan fingerprint density at radius 2 is 1.74 bits per heavy atom. The molecule has 3 atom stereocenters. The highest BCUT2D eigenvalue weighted by atomic mass is 32.2. The van der Waals surface area contributed by atoms with E-state index in [1.165, 1.54) is 24.3 Å². The molecule has 10 heteroatoms. The molecule has 0 radical (unpaired) electrons. The first-order valence-electron chi connectivity index (χ1n) is 8.83. The summed E-state index contributed by atoms with van der Waals surface area (Å²) in [4.78, 5) is 14.3. The number of nitrogens with zero attached hydrogens (tertiary/aromatic N) is 1. The van der Waals surface area contributed by atoms with Gasteiger partial charge in [-0.15, -0.1) is 0 Å². The maximum atomic E-state index is 12.6. The summed E-state index contributed by atoms with van der Waals surface area (Å²) in [5, 5.41) is 0. The van der Waals surface area contributed by atoms with Gasteiger partial charge >= 0.3 is 0 Å². The molecule has 0 aliphatic carbocycles. The predicted molar refractivity (Wildman–Crippen MR) is 99.7 cm³/mol. The van der Waals surface area contributed by atoms with Crippen molar-refractivity contribution >= 4 is 25.8 Å². The molecule has 2 fully saturated rings. The number of sulfonamides is 1. The number of sulfone groups is 1. The topological polar surface area (TPSA) is 110 Å². The van der Waals surface area contributed by atoms with E-state index in [1.807, 2.05) is 13.8 Å². The third-order valence-corrected chi connectivity index (χ3v) is 7.98. The number of hydrogen-bond acceptors (Lipinski definition) is 6. The summed E-state index contributed by atoms with van der Waals surface area (Å²) in [6.07, 6.45) is 0.166. The van der Waals surface area contributed by atoms with E-state index in [1.54, 1.807) is 4.90 Å². The lowest BCUT2D eigenvalue weighted by Gasteiger charge is -2.35. The van der Waals surface area contributed by atoms with Gasteiger partial charge in [0.1, 0.15) is 0 Å². The van der Waals surface area contributed by atoms with Crippen LogP contribution >= 0.6 is 0 Å². The second kappa shape index (κ2) is 7.50. The molecule has 150 valence electrons. The van der Waals surface area contributed by atoms with Crippen LogP contribution in [-0.4, -0.2) is 70.5 Å². The molecule has 1 aromatic rings. The van der Waals surface area contributed by atoms with E-state index in [-0.39, 0.29) is 40.9 Å². The second-order valence-electron chi connectivity index (χ2n) is 7.21. The van der Waals surface area contributed by atoms with E-state index in [4.69, 9.17) is 4.74 Å². The molecule has 2 saturated heterocycles. The van der Waals surface area contributed by atoms with Crippen LogP contribution in [0.4, 0.5) is 0 Å². The average Bonchev–Trinajstić information content (AvgIpc) is 2.91. The fraction of sp³-hybridized carbons (Fsp3) is 0.588. The predicted octanol–water partition coefficient (Wildman–Crippen LogP) is 0.401. The van der Waals surface area contributed by atoms with Crippen molar-refractivity contribution in [2.75, 3.05) is 24.6 Å². The van der Waals surface area contributed by atoms with E-state index in [0.717, 1.165) is 0 Å². The van der Waals surface area contributed by atoms with Gasteiger partial charge in [0.15, 0.2) is 9.84 Å². The third kappa shape index (κ3) is 4.87. The second-order valence-corrected chi connectivity index (χ2v) is 11.2. The van der Waals surface area contributed by atoms with Crippen molar-refractivity contribution in [3.8, 4) is 0 Å². The van der Waals surface area contributed by atoms with Crippen molar-refractivity contribution in [3.63, 3.8) is 0 Å². The van der Waals surface area contributed by atoms with E-state index in [0.29, 0.717) is 18.7 Å². The van der Waals surface area contributed by atoms with Gasteiger partial charge in [0.05, 0.1) is 28.6 Å². The van der Waals surface area contributed by atoms with Crippen LogP contribution in [0.25, 0.3) is 0 Å². The molecule has 0 unspecified atom stereocenters.